The third-order valence-corrected chi connectivity index (χ3v) is 5.95. The molecule has 0 bridgehead atoms. The zero-order valence-electron chi connectivity index (χ0n) is 17.9. The second-order valence-electron chi connectivity index (χ2n) is 7.47. The Kier molecular flexibility index (Phi) is 6.93. The van der Waals surface area contributed by atoms with Gasteiger partial charge in [-0.15, -0.1) is 0 Å². The first-order valence-corrected chi connectivity index (χ1v) is 11.4. The van der Waals surface area contributed by atoms with Gasteiger partial charge in [0.25, 0.3) is 17.7 Å². The summed E-state index contributed by atoms with van der Waals surface area (Å²) < 4.78 is 0. The number of hydrogen-bond acceptors (Lipinski definition) is 4. The predicted octanol–water partition coefficient (Wildman–Crippen LogP) is 6.24. The molecule has 0 aromatic heterocycles. The van der Waals surface area contributed by atoms with Gasteiger partial charge in [0.05, 0.1) is 5.69 Å². The van der Waals surface area contributed by atoms with E-state index in [-0.39, 0.29) is 16.6 Å². The molecule has 1 aliphatic rings. The van der Waals surface area contributed by atoms with Crippen LogP contribution in [-0.4, -0.2) is 17.7 Å². The summed E-state index contributed by atoms with van der Waals surface area (Å²) in [5, 5.41) is 6.21. The minimum atomic E-state index is -0.602. The Balaban J connectivity index is 1.47. The van der Waals surface area contributed by atoms with Crippen LogP contribution in [0.15, 0.2) is 77.5 Å². The summed E-state index contributed by atoms with van der Waals surface area (Å²) in [6.07, 6.45) is 0.842. The molecule has 6 nitrogen and oxygen atoms in total. The molecular formula is C25H18Cl3N3O3. The molecule has 0 unspecified atom stereocenters. The van der Waals surface area contributed by atoms with E-state index < -0.39 is 11.8 Å². The van der Waals surface area contributed by atoms with Crippen LogP contribution in [0.1, 0.15) is 22.8 Å². The van der Waals surface area contributed by atoms with Crippen molar-refractivity contribution in [1.82, 2.24) is 0 Å². The van der Waals surface area contributed by atoms with E-state index in [0.29, 0.717) is 32.7 Å². The van der Waals surface area contributed by atoms with Gasteiger partial charge in [-0.3, -0.25) is 14.4 Å². The van der Waals surface area contributed by atoms with Crippen molar-refractivity contribution in [1.29, 1.82) is 0 Å². The molecule has 0 saturated heterocycles. The van der Waals surface area contributed by atoms with Crippen LogP contribution >= 0.6 is 34.8 Å². The summed E-state index contributed by atoms with van der Waals surface area (Å²) in [7, 11) is 0. The van der Waals surface area contributed by atoms with Gasteiger partial charge >= 0.3 is 0 Å². The number of aryl methyl sites for hydroxylation is 1. The summed E-state index contributed by atoms with van der Waals surface area (Å²) >= 11 is 18.1. The fraction of sp³-hybridized carbons (Fsp3) is 0.0800. The number of carbonyl (C=O) groups excluding carboxylic acids is 3. The molecule has 3 aromatic carbocycles. The van der Waals surface area contributed by atoms with E-state index in [2.05, 4.69) is 10.6 Å². The molecule has 9 heteroatoms. The van der Waals surface area contributed by atoms with Crippen LogP contribution in [0.3, 0.4) is 0 Å². The quantitative estimate of drug-likeness (QED) is 0.382. The van der Waals surface area contributed by atoms with Crippen molar-refractivity contribution in [2.24, 2.45) is 0 Å². The number of hydrogen-bond donors (Lipinski definition) is 2. The lowest BCUT2D eigenvalue weighted by molar-refractivity contribution is -0.120. The molecule has 3 amide bonds. The summed E-state index contributed by atoms with van der Waals surface area (Å²) in [6.45, 7) is 2.02. The summed E-state index contributed by atoms with van der Waals surface area (Å²) in [6, 6.07) is 18.2. The Morgan fingerprint density at radius 3 is 2.03 bits per heavy atom. The number of anilines is 3. The van der Waals surface area contributed by atoms with Gasteiger partial charge in [-0.05, 0) is 66.6 Å². The highest BCUT2D eigenvalue weighted by Gasteiger charge is 2.38. The van der Waals surface area contributed by atoms with Crippen LogP contribution in [-0.2, 0) is 16.0 Å². The molecule has 34 heavy (non-hydrogen) atoms. The topological polar surface area (TPSA) is 78.5 Å². The highest BCUT2D eigenvalue weighted by Crippen LogP contribution is 2.30. The van der Waals surface area contributed by atoms with Gasteiger partial charge in [0.1, 0.15) is 10.7 Å². The number of nitrogens with one attached hydrogen (secondary N) is 2. The lowest BCUT2D eigenvalue weighted by atomic mass is 10.1. The first kappa shape index (κ1) is 23.8. The third kappa shape index (κ3) is 4.94. The lowest BCUT2D eigenvalue weighted by Gasteiger charge is -2.15. The fourth-order valence-corrected chi connectivity index (χ4v) is 4.14. The number of rotatable bonds is 6. The molecule has 0 fully saturated rings. The van der Waals surface area contributed by atoms with Crippen molar-refractivity contribution < 1.29 is 14.4 Å². The predicted molar refractivity (Wildman–Crippen MR) is 136 cm³/mol. The maximum absolute atomic E-state index is 12.9. The molecular weight excluding hydrogens is 497 g/mol. The van der Waals surface area contributed by atoms with Crippen molar-refractivity contribution in [2.75, 3.05) is 15.5 Å². The van der Waals surface area contributed by atoms with Gasteiger partial charge in [-0.25, -0.2) is 4.90 Å². The summed E-state index contributed by atoms with van der Waals surface area (Å²) in [5.41, 5.74) is 2.81. The maximum Gasteiger partial charge on any atom is 0.283 e. The minimum Gasteiger partial charge on any atom is -0.350 e. The number of carbonyl (C=O) groups is 3. The summed E-state index contributed by atoms with van der Waals surface area (Å²) in [4.78, 5) is 39.1. The van der Waals surface area contributed by atoms with Gasteiger partial charge in [0.15, 0.2) is 0 Å². The van der Waals surface area contributed by atoms with Crippen LogP contribution in [0.2, 0.25) is 10.0 Å². The van der Waals surface area contributed by atoms with E-state index >= 15 is 0 Å². The van der Waals surface area contributed by atoms with Crippen LogP contribution in [0, 0.1) is 0 Å². The van der Waals surface area contributed by atoms with E-state index in [0.717, 1.165) is 16.9 Å². The van der Waals surface area contributed by atoms with E-state index in [9.17, 15) is 14.4 Å². The fourth-order valence-electron chi connectivity index (χ4n) is 3.41. The summed E-state index contributed by atoms with van der Waals surface area (Å²) in [5.74, 6) is -1.52. The first-order chi connectivity index (χ1) is 16.3. The monoisotopic (exact) mass is 513 g/mol. The smallest absolute Gasteiger partial charge is 0.283 e. The Bertz CT molecular complexity index is 1300. The largest absolute Gasteiger partial charge is 0.350 e. The van der Waals surface area contributed by atoms with Crippen LogP contribution in [0.25, 0.3) is 0 Å². The van der Waals surface area contributed by atoms with Gasteiger partial charge in [0, 0.05) is 27.0 Å². The minimum absolute atomic E-state index is 0.0306. The second-order valence-corrected chi connectivity index (χ2v) is 8.72. The van der Waals surface area contributed by atoms with Crippen molar-refractivity contribution in [3.8, 4) is 0 Å². The Labute approximate surface area is 211 Å². The molecule has 172 valence electrons. The van der Waals surface area contributed by atoms with Crippen LogP contribution in [0.4, 0.5) is 17.1 Å². The standard InChI is InChI=1S/C25H18Cl3N3O3/c1-2-14-3-9-20(10-4-14)31-24(33)21(28)22(25(31)34)29-18-7-5-15(6-8-18)23(32)30-19-12-16(26)11-17(27)13-19/h3-13,29H,2H2,1H3,(H,30,32). The number of nitrogens with zero attached hydrogens (tertiary/aromatic N) is 1. The first-order valence-electron chi connectivity index (χ1n) is 10.3. The Morgan fingerprint density at radius 1 is 0.824 bits per heavy atom. The van der Waals surface area contributed by atoms with Gasteiger partial charge in [-0.1, -0.05) is 53.9 Å². The van der Waals surface area contributed by atoms with Gasteiger partial charge in [0.2, 0.25) is 0 Å². The lowest BCUT2D eigenvalue weighted by Crippen LogP contribution is -2.32. The number of amides is 3. The maximum atomic E-state index is 12.9. The molecule has 0 aliphatic carbocycles. The molecule has 1 heterocycles. The third-order valence-electron chi connectivity index (χ3n) is 5.17. The number of halogens is 3. The molecule has 3 aromatic rings. The average Bonchev–Trinajstić information content (AvgIpc) is 3.02. The molecule has 2 N–H and O–H groups in total. The van der Waals surface area contributed by atoms with Crippen molar-refractivity contribution >= 4 is 69.6 Å². The van der Waals surface area contributed by atoms with E-state index in [1.54, 1.807) is 54.6 Å². The molecule has 1 aliphatic heterocycles. The van der Waals surface area contributed by atoms with Crippen molar-refractivity contribution in [3.05, 3.63) is 98.6 Å². The molecule has 0 saturated carbocycles. The highest BCUT2D eigenvalue weighted by atomic mass is 35.5. The molecule has 0 radical (unpaired) electrons. The zero-order valence-corrected chi connectivity index (χ0v) is 20.1. The zero-order chi connectivity index (χ0) is 24.4. The average molecular weight is 515 g/mol. The van der Waals surface area contributed by atoms with Crippen molar-refractivity contribution in [2.45, 2.75) is 13.3 Å². The Hall–Kier alpha value is -3.32. The number of benzene rings is 3. The molecule has 0 spiro atoms. The molecule has 0 atom stereocenters. The Morgan fingerprint density at radius 2 is 1.44 bits per heavy atom. The second kappa shape index (κ2) is 9.89. The normalized spacial score (nSPS) is 13.5. The van der Waals surface area contributed by atoms with Gasteiger partial charge < -0.3 is 10.6 Å². The van der Waals surface area contributed by atoms with Crippen LogP contribution < -0.4 is 15.5 Å². The van der Waals surface area contributed by atoms with Crippen LogP contribution in [0.5, 0.6) is 0 Å². The van der Waals surface area contributed by atoms with E-state index in [4.69, 9.17) is 34.8 Å². The number of imide groups is 1. The van der Waals surface area contributed by atoms with E-state index in [1.807, 2.05) is 19.1 Å². The molecule has 4 rings (SSSR count). The van der Waals surface area contributed by atoms with Crippen molar-refractivity contribution in [3.63, 3.8) is 0 Å². The van der Waals surface area contributed by atoms with E-state index in [1.165, 1.54) is 0 Å². The SMILES string of the molecule is CCc1ccc(N2C(=O)C(Cl)=C(Nc3ccc(C(=O)Nc4cc(Cl)cc(Cl)c4)cc3)C2=O)cc1. The highest BCUT2D eigenvalue weighted by molar-refractivity contribution is 6.53. The van der Waals surface area contributed by atoms with Gasteiger partial charge in [-0.2, -0.15) is 0 Å².